The molecule has 284 valence electrons. The van der Waals surface area contributed by atoms with Crippen LogP contribution < -0.4 is 9.64 Å². The van der Waals surface area contributed by atoms with Crippen molar-refractivity contribution in [3.63, 3.8) is 0 Å². The lowest BCUT2D eigenvalue weighted by molar-refractivity contribution is 0.482. The molecule has 12 aromatic rings. The SMILES string of the molecule is c1ccc(-c2ccc(N3c4cc(-c5ccc6c(c5)c5ccccc5n6-c5ccc6c7ccccc7c7ccccc7c6c5)ccc4Oc4c3ccc3ccccc43)cc2)cc1. The summed E-state index contributed by atoms with van der Waals surface area (Å²) in [5.74, 6) is 1.70. The number of hydrogen-bond donors (Lipinski definition) is 0. The maximum atomic E-state index is 6.84. The molecule has 13 rings (SSSR count). The van der Waals surface area contributed by atoms with E-state index in [4.69, 9.17) is 4.74 Å². The maximum absolute atomic E-state index is 6.84. The van der Waals surface area contributed by atoms with Crippen LogP contribution in [0.2, 0.25) is 0 Å². The van der Waals surface area contributed by atoms with E-state index in [0.717, 1.165) is 56.1 Å². The van der Waals surface area contributed by atoms with Gasteiger partial charge in [-0.3, -0.25) is 0 Å². The van der Waals surface area contributed by atoms with E-state index in [9.17, 15) is 0 Å². The van der Waals surface area contributed by atoms with Gasteiger partial charge in [-0.05, 0) is 121 Å². The van der Waals surface area contributed by atoms with Gasteiger partial charge in [-0.2, -0.15) is 0 Å². The second kappa shape index (κ2) is 13.2. The minimum absolute atomic E-state index is 0.828. The lowest BCUT2D eigenvalue weighted by Crippen LogP contribution is -2.16. The van der Waals surface area contributed by atoms with Crippen molar-refractivity contribution >= 4 is 82.0 Å². The van der Waals surface area contributed by atoms with Crippen molar-refractivity contribution in [1.29, 1.82) is 0 Å². The van der Waals surface area contributed by atoms with Gasteiger partial charge in [0.25, 0.3) is 0 Å². The molecule has 0 bridgehead atoms. The minimum atomic E-state index is 0.828. The van der Waals surface area contributed by atoms with E-state index in [-0.39, 0.29) is 0 Å². The zero-order chi connectivity index (χ0) is 40.0. The topological polar surface area (TPSA) is 17.4 Å². The van der Waals surface area contributed by atoms with Crippen molar-refractivity contribution in [2.24, 2.45) is 0 Å². The fourth-order valence-electron chi connectivity index (χ4n) is 9.89. The highest BCUT2D eigenvalue weighted by Crippen LogP contribution is 2.54. The van der Waals surface area contributed by atoms with Crippen LogP contribution in [0.25, 0.3) is 92.8 Å². The van der Waals surface area contributed by atoms with Gasteiger partial charge in [-0.25, -0.2) is 0 Å². The highest BCUT2D eigenvalue weighted by molar-refractivity contribution is 6.25. The van der Waals surface area contributed by atoms with Gasteiger partial charge in [-0.1, -0.05) is 158 Å². The summed E-state index contributed by atoms with van der Waals surface area (Å²) in [6.07, 6.45) is 0. The van der Waals surface area contributed by atoms with Crippen molar-refractivity contribution in [3.05, 3.63) is 218 Å². The summed E-state index contributed by atoms with van der Waals surface area (Å²) in [4.78, 5) is 2.36. The predicted octanol–water partition coefficient (Wildman–Crippen LogP) is 16.3. The Labute approximate surface area is 352 Å². The van der Waals surface area contributed by atoms with Gasteiger partial charge in [-0.15, -0.1) is 0 Å². The third kappa shape index (κ3) is 5.17. The first kappa shape index (κ1) is 33.8. The molecule has 1 aromatic heterocycles. The molecule has 2 heterocycles. The average molecular weight is 777 g/mol. The summed E-state index contributed by atoms with van der Waals surface area (Å²) >= 11 is 0. The minimum Gasteiger partial charge on any atom is -0.452 e. The van der Waals surface area contributed by atoms with Crippen LogP contribution in [0.4, 0.5) is 17.1 Å². The molecule has 61 heavy (non-hydrogen) atoms. The van der Waals surface area contributed by atoms with E-state index >= 15 is 0 Å². The van der Waals surface area contributed by atoms with Crippen LogP contribution in [0.3, 0.4) is 0 Å². The Morgan fingerprint density at radius 3 is 1.62 bits per heavy atom. The molecule has 1 aliphatic heterocycles. The van der Waals surface area contributed by atoms with Crippen LogP contribution in [0.5, 0.6) is 11.5 Å². The standard InChI is InChI=1S/C58H36N2O/c1-2-12-37(13-3-1)38-22-27-42(28-23-38)59-55-32-24-39-14-4-5-15-44(39)58(55)61-57-33-26-41(35-56(57)59)40-25-31-54-52(34-40)50-20-10-11-21-53(50)60(54)43-29-30-49-47-18-7-6-16-45(47)46-17-8-9-19-48(46)51(49)36-43/h1-36H. The molecule has 0 aliphatic carbocycles. The molecule has 0 N–H and O–H groups in total. The Kier molecular flexibility index (Phi) is 7.31. The zero-order valence-electron chi connectivity index (χ0n) is 33.1. The predicted molar refractivity (Wildman–Crippen MR) is 256 cm³/mol. The van der Waals surface area contributed by atoms with Gasteiger partial charge in [0, 0.05) is 27.5 Å². The average Bonchev–Trinajstić information content (AvgIpc) is 3.67. The van der Waals surface area contributed by atoms with Gasteiger partial charge in [0.05, 0.1) is 22.4 Å². The first-order valence-electron chi connectivity index (χ1n) is 20.9. The van der Waals surface area contributed by atoms with Crippen LogP contribution in [0.15, 0.2) is 218 Å². The van der Waals surface area contributed by atoms with Crippen LogP contribution in [-0.2, 0) is 0 Å². The van der Waals surface area contributed by atoms with E-state index in [1.807, 2.05) is 0 Å². The molecule has 11 aromatic carbocycles. The number of benzene rings is 11. The lowest BCUT2D eigenvalue weighted by atomic mass is 9.94. The maximum Gasteiger partial charge on any atom is 0.159 e. The third-order valence-electron chi connectivity index (χ3n) is 12.7. The second-order valence-electron chi connectivity index (χ2n) is 16.1. The Hall–Kier alpha value is -8.14. The van der Waals surface area contributed by atoms with Crippen molar-refractivity contribution in [2.75, 3.05) is 4.90 Å². The monoisotopic (exact) mass is 776 g/mol. The molecule has 1 aliphatic rings. The summed E-state index contributed by atoms with van der Waals surface area (Å²) in [5, 5.41) is 12.4. The second-order valence-corrected chi connectivity index (χ2v) is 16.1. The van der Waals surface area contributed by atoms with Gasteiger partial charge in [0.2, 0.25) is 0 Å². The van der Waals surface area contributed by atoms with Gasteiger partial charge >= 0.3 is 0 Å². The van der Waals surface area contributed by atoms with Crippen LogP contribution >= 0.6 is 0 Å². The van der Waals surface area contributed by atoms with Crippen molar-refractivity contribution < 1.29 is 4.74 Å². The summed E-state index contributed by atoms with van der Waals surface area (Å²) in [5.41, 5.74) is 11.3. The summed E-state index contributed by atoms with van der Waals surface area (Å²) in [6.45, 7) is 0. The zero-order valence-corrected chi connectivity index (χ0v) is 33.1. The van der Waals surface area contributed by atoms with Crippen LogP contribution in [0, 0.1) is 0 Å². The Morgan fingerprint density at radius 2 is 0.852 bits per heavy atom. The Bertz CT molecular complexity index is 3700. The number of para-hydroxylation sites is 1. The van der Waals surface area contributed by atoms with E-state index < -0.39 is 0 Å². The molecule has 3 nitrogen and oxygen atoms in total. The molecule has 0 amide bonds. The fourth-order valence-corrected chi connectivity index (χ4v) is 9.89. The largest absolute Gasteiger partial charge is 0.452 e. The molecular formula is C58H36N2O. The summed E-state index contributed by atoms with van der Waals surface area (Å²) < 4.78 is 9.27. The molecule has 0 unspecified atom stereocenters. The Balaban J connectivity index is 0.965. The van der Waals surface area contributed by atoms with E-state index in [1.54, 1.807) is 0 Å². The van der Waals surface area contributed by atoms with Gasteiger partial charge < -0.3 is 14.2 Å². The number of hydrogen-bond acceptors (Lipinski definition) is 2. The molecule has 0 spiro atoms. The quantitative estimate of drug-likeness (QED) is 0.166. The summed E-state index contributed by atoms with van der Waals surface area (Å²) in [6, 6.07) is 79.2. The molecule has 0 fully saturated rings. The highest BCUT2D eigenvalue weighted by Gasteiger charge is 2.28. The van der Waals surface area contributed by atoms with E-state index in [2.05, 4.69) is 228 Å². The number of nitrogens with zero attached hydrogens (tertiary/aromatic N) is 2. The van der Waals surface area contributed by atoms with Crippen LogP contribution in [-0.4, -0.2) is 4.57 Å². The van der Waals surface area contributed by atoms with Gasteiger partial charge in [0.1, 0.15) is 0 Å². The number of anilines is 3. The number of aromatic nitrogens is 1. The van der Waals surface area contributed by atoms with E-state index in [0.29, 0.717) is 0 Å². The highest BCUT2D eigenvalue weighted by atomic mass is 16.5. The van der Waals surface area contributed by atoms with E-state index in [1.165, 1.54) is 65.3 Å². The van der Waals surface area contributed by atoms with Crippen molar-refractivity contribution in [3.8, 4) is 39.4 Å². The molecular weight excluding hydrogens is 741 g/mol. The first-order chi connectivity index (χ1) is 30.2. The molecule has 0 saturated heterocycles. The number of fused-ring (bicyclic) bond motifs is 13. The van der Waals surface area contributed by atoms with Crippen molar-refractivity contribution in [1.82, 2.24) is 4.57 Å². The fraction of sp³-hybridized carbons (Fsp3) is 0. The molecule has 0 saturated carbocycles. The number of rotatable bonds is 4. The normalized spacial score (nSPS) is 12.4. The first-order valence-corrected chi connectivity index (χ1v) is 20.9. The number of ether oxygens (including phenoxy) is 1. The lowest BCUT2D eigenvalue weighted by Gasteiger charge is -2.34. The summed E-state index contributed by atoms with van der Waals surface area (Å²) in [7, 11) is 0. The van der Waals surface area contributed by atoms with Gasteiger partial charge in [0.15, 0.2) is 11.5 Å². The third-order valence-corrected chi connectivity index (χ3v) is 12.7. The molecule has 3 heteroatoms. The molecule has 0 radical (unpaired) electrons. The Morgan fingerprint density at radius 1 is 0.295 bits per heavy atom. The smallest absolute Gasteiger partial charge is 0.159 e. The van der Waals surface area contributed by atoms with Crippen molar-refractivity contribution in [2.45, 2.75) is 0 Å². The molecule has 0 atom stereocenters. The van der Waals surface area contributed by atoms with Crippen LogP contribution in [0.1, 0.15) is 0 Å².